The lowest BCUT2D eigenvalue weighted by Crippen LogP contribution is -2.48. The molecule has 1 amide bonds. The molecule has 3 rings (SSSR count). The van der Waals surface area contributed by atoms with Crippen molar-refractivity contribution in [2.75, 3.05) is 26.3 Å². The van der Waals surface area contributed by atoms with Crippen LogP contribution in [-0.4, -0.2) is 47.7 Å². The summed E-state index contributed by atoms with van der Waals surface area (Å²) in [5.41, 5.74) is 7.85. The van der Waals surface area contributed by atoms with Crippen molar-refractivity contribution in [3.05, 3.63) is 36.0 Å². The highest BCUT2D eigenvalue weighted by atomic mass is 16.5. The topological polar surface area (TPSA) is 60.5 Å². The summed E-state index contributed by atoms with van der Waals surface area (Å²) in [5, 5.41) is 1.24. The first kappa shape index (κ1) is 19.9. The van der Waals surface area contributed by atoms with Crippen LogP contribution in [0.15, 0.2) is 30.5 Å². The second kappa shape index (κ2) is 9.38. The third-order valence-electron chi connectivity index (χ3n) is 6.00. The van der Waals surface area contributed by atoms with Crippen LogP contribution in [0.3, 0.4) is 0 Å². The predicted octanol–water partition coefficient (Wildman–Crippen LogP) is 3.20. The predicted molar refractivity (Wildman–Crippen MR) is 110 cm³/mol. The van der Waals surface area contributed by atoms with Gasteiger partial charge in [0.1, 0.15) is 0 Å². The van der Waals surface area contributed by atoms with Gasteiger partial charge in [-0.15, -0.1) is 0 Å². The van der Waals surface area contributed by atoms with E-state index in [9.17, 15) is 4.79 Å². The summed E-state index contributed by atoms with van der Waals surface area (Å²) in [6.45, 7) is 9.24. The molecule has 0 saturated carbocycles. The van der Waals surface area contributed by atoms with Crippen LogP contribution in [0, 0.1) is 5.92 Å². The largest absolute Gasteiger partial charge is 0.379 e. The van der Waals surface area contributed by atoms with Crippen LogP contribution in [0.1, 0.15) is 38.7 Å². The average Bonchev–Trinajstić information content (AvgIpc) is 3.05. The molecule has 1 unspecified atom stereocenters. The first-order valence-corrected chi connectivity index (χ1v) is 10.3. The number of morpholine rings is 1. The fourth-order valence-electron chi connectivity index (χ4n) is 4.44. The zero-order valence-electron chi connectivity index (χ0n) is 16.7. The molecule has 1 aromatic carbocycles. The maximum atomic E-state index is 11.3. The van der Waals surface area contributed by atoms with E-state index in [0.717, 1.165) is 32.8 Å². The van der Waals surface area contributed by atoms with E-state index in [0.29, 0.717) is 24.8 Å². The Balaban J connectivity index is 1.90. The monoisotopic (exact) mass is 371 g/mol. The van der Waals surface area contributed by atoms with Gasteiger partial charge in [-0.05, 0) is 24.0 Å². The number of rotatable bonds is 9. The molecule has 2 heterocycles. The number of aryl methyl sites for hydroxylation is 1. The molecule has 148 valence electrons. The molecule has 1 aliphatic rings. The van der Waals surface area contributed by atoms with Gasteiger partial charge < -0.3 is 15.0 Å². The number of ether oxygens (including phenoxy) is 1. The number of aromatic nitrogens is 1. The van der Waals surface area contributed by atoms with Crippen LogP contribution in [-0.2, 0) is 22.5 Å². The summed E-state index contributed by atoms with van der Waals surface area (Å²) >= 11 is 0. The SMILES string of the molecule is CCC(CC)C(Cn1cc(CCC(N)=O)c2ccccc21)N1CCOCC1. The molecule has 1 aliphatic heterocycles. The zero-order valence-corrected chi connectivity index (χ0v) is 16.7. The normalized spacial score (nSPS) is 16.9. The molecular weight excluding hydrogens is 338 g/mol. The minimum absolute atomic E-state index is 0.241. The lowest BCUT2D eigenvalue weighted by molar-refractivity contribution is -0.117. The van der Waals surface area contributed by atoms with Gasteiger partial charge in [-0.1, -0.05) is 44.9 Å². The van der Waals surface area contributed by atoms with E-state index < -0.39 is 0 Å². The summed E-state index contributed by atoms with van der Waals surface area (Å²) in [6, 6.07) is 9.01. The summed E-state index contributed by atoms with van der Waals surface area (Å²) < 4.78 is 7.98. The van der Waals surface area contributed by atoms with Crippen LogP contribution in [0.4, 0.5) is 0 Å². The third kappa shape index (κ3) is 4.71. The number of para-hydroxylation sites is 1. The maximum Gasteiger partial charge on any atom is 0.217 e. The first-order chi connectivity index (χ1) is 13.1. The van der Waals surface area contributed by atoms with E-state index in [1.807, 2.05) is 0 Å². The number of carbonyl (C=O) groups is 1. The van der Waals surface area contributed by atoms with Gasteiger partial charge in [0.15, 0.2) is 0 Å². The molecule has 0 radical (unpaired) electrons. The molecule has 1 saturated heterocycles. The van der Waals surface area contributed by atoms with Gasteiger partial charge in [-0.25, -0.2) is 0 Å². The van der Waals surface area contributed by atoms with E-state index in [4.69, 9.17) is 10.5 Å². The summed E-state index contributed by atoms with van der Waals surface area (Å²) in [7, 11) is 0. The van der Waals surface area contributed by atoms with Crippen LogP contribution in [0.5, 0.6) is 0 Å². The van der Waals surface area contributed by atoms with Gasteiger partial charge in [-0.3, -0.25) is 9.69 Å². The van der Waals surface area contributed by atoms with Gasteiger partial charge in [0, 0.05) is 49.2 Å². The van der Waals surface area contributed by atoms with Gasteiger partial charge in [0.2, 0.25) is 5.91 Å². The molecule has 0 bridgehead atoms. The van der Waals surface area contributed by atoms with Gasteiger partial charge in [-0.2, -0.15) is 0 Å². The van der Waals surface area contributed by atoms with Crippen LogP contribution in [0.2, 0.25) is 0 Å². The van der Waals surface area contributed by atoms with Crippen molar-refractivity contribution in [2.45, 2.75) is 52.1 Å². The molecule has 1 aromatic heterocycles. The molecule has 1 atom stereocenters. The Hall–Kier alpha value is -1.85. The van der Waals surface area contributed by atoms with Crippen LogP contribution in [0.25, 0.3) is 10.9 Å². The van der Waals surface area contributed by atoms with E-state index in [1.54, 1.807) is 0 Å². The van der Waals surface area contributed by atoms with E-state index in [2.05, 4.69) is 53.8 Å². The standard InChI is InChI=1S/C22H33N3O2/c1-3-17(4-2)21(24-11-13-27-14-12-24)16-25-15-18(9-10-22(23)26)19-7-5-6-8-20(19)25/h5-8,15,17,21H,3-4,9-14,16H2,1-2H3,(H2,23,26). The Morgan fingerprint density at radius 3 is 2.56 bits per heavy atom. The Bertz CT molecular complexity index is 745. The zero-order chi connectivity index (χ0) is 19.2. The number of benzene rings is 1. The number of amides is 1. The number of primary amides is 1. The summed E-state index contributed by atoms with van der Waals surface area (Å²) in [6.07, 6.45) is 5.71. The van der Waals surface area contributed by atoms with E-state index in [-0.39, 0.29) is 5.91 Å². The molecular formula is C22H33N3O2. The number of carbonyl (C=O) groups excluding carboxylic acids is 1. The first-order valence-electron chi connectivity index (χ1n) is 10.3. The molecule has 0 spiro atoms. The van der Waals surface area contributed by atoms with E-state index in [1.165, 1.54) is 29.3 Å². The third-order valence-corrected chi connectivity index (χ3v) is 6.00. The van der Waals surface area contributed by atoms with Gasteiger partial charge >= 0.3 is 0 Å². The second-order valence-corrected chi connectivity index (χ2v) is 7.58. The Morgan fingerprint density at radius 1 is 1.19 bits per heavy atom. The summed E-state index contributed by atoms with van der Waals surface area (Å²) in [4.78, 5) is 13.9. The van der Waals surface area contributed by atoms with Crippen molar-refractivity contribution in [1.82, 2.24) is 9.47 Å². The highest BCUT2D eigenvalue weighted by Gasteiger charge is 2.27. The smallest absolute Gasteiger partial charge is 0.217 e. The molecule has 1 fully saturated rings. The molecule has 2 aromatic rings. The molecule has 27 heavy (non-hydrogen) atoms. The fraction of sp³-hybridized carbons (Fsp3) is 0.591. The van der Waals surface area contributed by atoms with E-state index >= 15 is 0 Å². The number of fused-ring (bicyclic) bond motifs is 1. The van der Waals surface area contributed by atoms with Crippen molar-refractivity contribution < 1.29 is 9.53 Å². The minimum Gasteiger partial charge on any atom is -0.379 e. The minimum atomic E-state index is -0.241. The molecule has 5 heteroatoms. The second-order valence-electron chi connectivity index (χ2n) is 7.58. The number of hydrogen-bond donors (Lipinski definition) is 1. The average molecular weight is 372 g/mol. The quantitative estimate of drug-likeness (QED) is 0.736. The van der Waals surface area contributed by atoms with Crippen molar-refractivity contribution in [1.29, 1.82) is 0 Å². The highest BCUT2D eigenvalue weighted by Crippen LogP contribution is 2.27. The van der Waals surface area contributed by atoms with Crippen molar-refractivity contribution in [3.8, 4) is 0 Å². The summed E-state index contributed by atoms with van der Waals surface area (Å²) in [5.74, 6) is 0.424. The van der Waals surface area contributed by atoms with Gasteiger partial charge in [0.25, 0.3) is 0 Å². The molecule has 0 aliphatic carbocycles. The molecule has 2 N–H and O–H groups in total. The van der Waals surface area contributed by atoms with Crippen molar-refractivity contribution in [2.24, 2.45) is 11.7 Å². The lowest BCUT2D eigenvalue weighted by atomic mass is 9.92. The number of nitrogens with zero attached hydrogens (tertiary/aromatic N) is 2. The van der Waals surface area contributed by atoms with Crippen molar-refractivity contribution in [3.63, 3.8) is 0 Å². The van der Waals surface area contributed by atoms with Gasteiger partial charge in [0.05, 0.1) is 13.2 Å². The fourth-order valence-corrected chi connectivity index (χ4v) is 4.44. The highest BCUT2D eigenvalue weighted by molar-refractivity contribution is 5.84. The number of hydrogen-bond acceptors (Lipinski definition) is 3. The van der Waals surface area contributed by atoms with Crippen LogP contribution >= 0.6 is 0 Å². The molecule has 5 nitrogen and oxygen atoms in total. The number of nitrogens with two attached hydrogens (primary N) is 1. The van der Waals surface area contributed by atoms with Crippen molar-refractivity contribution >= 4 is 16.8 Å². The van der Waals surface area contributed by atoms with Crippen LogP contribution < -0.4 is 5.73 Å². The lowest BCUT2D eigenvalue weighted by Gasteiger charge is -2.39. The Morgan fingerprint density at radius 2 is 1.89 bits per heavy atom. The maximum absolute atomic E-state index is 11.3. The Kier molecular flexibility index (Phi) is 6.91. The Labute approximate surface area is 162 Å².